The molecule has 1 atom stereocenters. The van der Waals surface area contributed by atoms with Crippen LogP contribution >= 0.6 is 0 Å². The van der Waals surface area contributed by atoms with Gasteiger partial charge in [0.15, 0.2) is 0 Å². The zero-order chi connectivity index (χ0) is 17.2. The Morgan fingerprint density at radius 1 is 1.26 bits per heavy atom. The first kappa shape index (κ1) is 18.2. The molecule has 0 saturated heterocycles. The third kappa shape index (κ3) is 6.18. The predicted molar refractivity (Wildman–Crippen MR) is 83.7 cm³/mol. The normalized spacial score (nSPS) is 11.1. The monoisotopic (exact) mass is 317 g/mol. The van der Waals surface area contributed by atoms with Crippen molar-refractivity contribution in [2.24, 2.45) is 0 Å². The molecule has 2 amide bonds. The molecule has 7 nitrogen and oxygen atoms in total. The Morgan fingerprint density at radius 3 is 2.57 bits per heavy atom. The molecule has 0 unspecified atom stereocenters. The van der Waals surface area contributed by atoms with E-state index < -0.39 is 17.9 Å². The molecule has 0 bridgehead atoms. The number of benzene rings is 1. The summed E-state index contributed by atoms with van der Waals surface area (Å²) >= 11 is 0. The smallest absolute Gasteiger partial charge is 0.326 e. The molecule has 1 rings (SSSR count). The van der Waals surface area contributed by atoms with Crippen molar-refractivity contribution in [3.63, 3.8) is 0 Å². The van der Waals surface area contributed by atoms with Gasteiger partial charge in [0.1, 0.15) is 6.04 Å². The Bertz CT molecular complexity index is 622. The van der Waals surface area contributed by atoms with E-state index in [4.69, 9.17) is 5.26 Å². The number of carboxylic acids is 1. The van der Waals surface area contributed by atoms with Crippen molar-refractivity contribution in [3.8, 4) is 6.07 Å². The third-order valence-corrected chi connectivity index (χ3v) is 3.12. The van der Waals surface area contributed by atoms with Crippen molar-refractivity contribution < 1.29 is 19.5 Å². The van der Waals surface area contributed by atoms with Gasteiger partial charge < -0.3 is 15.7 Å². The quantitative estimate of drug-likeness (QED) is 0.633. The van der Waals surface area contributed by atoms with Gasteiger partial charge >= 0.3 is 5.97 Å². The van der Waals surface area contributed by atoms with E-state index in [1.165, 1.54) is 13.0 Å². The van der Waals surface area contributed by atoms with E-state index in [9.17, 15) is 19.5 Å². The molecule has 3 N–H and O–H groups in total. The molecule has 0 aliphatic rings. The lowest BCUT2D eigenvalue weighted by molar-refractivity contribution is -0.139. The van der Waals surface area contributed by atoms with Crippen molar-refractivity contribution >= 4 is 23.5 Å². The SMILES string of the molecule is CC(=O)Nc1ccccc1C(=O)N[C@@H](CCCCC#N)C(=O)O. The number of hydrogen-bond acceptors (Lipinski definition) is 4. The largest absolute Gasteiger partial charge is 0.480 e. The summed E-state index contributed by atoms with van der Waals surface area (Å²) in [6.07, 6.45) is 1.70. The molecule has 0 spiro atoms. The van der Waals surface area contributed by atoms with Crippen LogP contribution in [0.4, 0.5) is 5.69 Å². The number of nitrogens with zero attached hydrogens (tertiary/aromatic N) is 1. The highest BCUT2D eigenvalue weighted by atomic mass is 16.4. The Labute approximate surface area is 134 Å². The molecular formula is C16H19N3O4. The van der Waals surface area contributed by atoms with Crippen LogP contribution in [-0.2, 0) is 9.59 Å². The summed E-state index contributed by atoms with van der Waals surface area (Å²) in [6, 6.07) is 7.32. The average molecular weight is 317 g/mol. The fourth-order valence-electron chi connectivity index (χ4n) is 2.03. The molecule has 0 heterocycles. The molecule has 7 heteroatoms. The average Bonchev–Trinajstić information content (AvgIpc) is 2.49. The molecule has 0 saturated carbocycles. The van der Waals surface area contributed by atoms with E-state index in [1.54, 1.807) is 18.2 Å². The lowest BCUT2D eigenvalue weighted by Crippen LogP contribution is -2.41. The van der Waals surface area contributed by atoms with E-state index in [2.05, 4.69) is 10.6 Å². The second-order valence-electron chi connectivity index (χ2n) is 4.99. The Hall–Kier alpha value is -2.88. The predicted octanol–water partition coefficient (Wildman–Crippen LogP) is 1.91. The van der Waals surface area contributed by atoms with Gasteiger partial charge in [0, 0.05) is 13.3 Å². The first-order valence-corrected chi connectivity index (χ1v) is 7.23. The Morgan fingerprint density at radius 2 is 1.96 bits per heavy atom. The van der Waals surface area contributed by atoms with E-state index in [0.29, 0.717) is 24.9 Å². The fourth-order valence-corrected chi connectivity index (χ4v) is 2.03. The summed E-state index contributed by atoms with van der Waals surface area (Å²) < 4.78 is 0. The minimum atomic E-state index is -1.13. The summed E-state index contributed by atoms with van der Waals surface area (Å²) in [5.41, 5.74) is 0.525. The van der Waals surface area contributed by atoms with Gasteiger partial charge in [-0.3, -0.25) is 9.59 Å². The number of nitrogens with one attached hydrogen (secondary N) is 2. The maximum Gasteiger partial charge on any atom is 0.326 e. The molecule has 1 aromatic rings. The van der Waals surface area contributed by atoms with Crippen molar-refractivity contribution in [1.29, 1.82) is 5.26 Å². The van der Waals surface area contributed by atoms with Crippen LogP contribution in [-0.4, -0.2) is 28.9 Å². The molecular weight excluding hydrogens is 298 g/mol. The molecule has 1 aromatic carbocycles. The Balaban J connectivity index is 2.77. The van der Waals surface area contributed by atoms with Crippen LogP contribution < -0.4 is 10.6 Å². The van der Waals surface area contributed by atoms with Crippen molar-refractivity contribution in [3.05, 3.63) is 29.8 Å². The highest BCUT2D eigenvalue weighted by molar-refractivity contribution is 6.04. The standard InChI is InChI=1S/C16H19N3O4/c1-11(20)18-13-8-5-4-7-12(13)15(21)19-14(16(22)23)9-3-2-6-10-17/h4-5,7-8,14H,2-3,6,9H2,1H3,(H,18,20)(H,19,21)(H,22,23)/t14-/m0/s1. The van der Waals surface area contributed by atoms with Gasteiger partial charge in [-0.05, 0) is 31.4 Å². The summed E-state index contributed by atoms with van der Waals surface area (Å²) in [5.74, 6) is -2.02. The van der Waals surface area contributed by atoms with E-state index in [-0.39, 0.29) is 17.9 Å². The van der Waals surface area contributed by atoms with Gasteiger partial charge in [0.25, 0.3) is 5.91 Å². The highest BCUT2D eigenvalue weighted by Gasteiger charge is 2.21. The van der Waals surface area contributed by atoms with Gasteiger partial charge in [-0.25, -0.2) is 4.79 Å². The van der Waals surface area contributed by atoms with Gasteiger partial charge in [-0.2, -0.15) is 5.26 Å². The van der Waals surface area contributed by atoms with Crippen LogP contribution in [0.5, 0.6) is 0 Å². The number of nitriles is 1. The van der Waals surface area contributed by atoms with Crippen LogP contribution in [0.1, 0.15) is 43.0 Å². The second-order valence-corrected chi connectivity index (χ2v) is 4.99. The number of hydrogen-bond donors (Lipinski definition) is 3. The number of anilines is 1. The second kappa shape index (κ2) is 9.20. The number of carboxylic acid groups (broad SMARTS) is 1. The maximum absolute atomic E-state index is 12.3. The van der Waals surface area contributed by atoms with Crippen molar-refractivity contribution in [2.45, 2.75) is 38.6 Å². The third-order valence-electron chi connectivity index (χ3n) is 3.12. The zero-order valence-electron chi connectivity index (χ0n) is 12.8. The lowest BCUT2D eigenvalue weighted by atomic mass is 10.1. The molecule has 23 heavy (non-hydrogen) atoms. The minimum absolute atomic E-state index is 0.200. The Kier molecular flexibility index (Phi) is 7.27. The summed E-state index contributed by atoms with van der Waals surface area (Å²) in [4.78, 5) is 34.7. The maximum atomic E-state index is 12.3. The fraction of sp³-hybridized carbons (Fsp3) is 0.375. The van der Waals surface area contributed by atoms with Gasteiger partial charge in [0.05, 0.1) is 17.3 Å². The minimum Gasteiger partial charge on any atom is -0.480 e. The summed E-state index contributed by atoms with van der Waals surface area (Å²) in [7, 11) is 0. The van der Waals surface area contributed by atoms with Gasteiger partial charge in [-0.15, -0.1) is 0 Å². The van der Waals surface area contributed by atoms with Crippen LogP contribution in [0.25, 0.3) is 0 Å². The first-order valence-electron chi connectivity index (χ1n) is 7.23. The number of aliphatic carboxylic acids is 1. The van der Waals surface area contributed by atoms with Crippen LogP contribution in [0.3, 0.4) is 0 Å². The van der Waals surface area contributed by atoms with E-state index in [0.717, 1.165) is 0 Å². The van der Waals surface area contributed by atoms with E-state index in [1.807, 2.05) is 6.07 Å². The zero-order valence-corrected chi connectivity index (χ0v) is 12.8. The number of amides is 2. The number of rotatable bonds is 8. The lowest BCUT2D eigenvalue weighted by Gasteiger charge is -2.16. The van der Waals surface area contributed by atoms with Gasteiger partial charge in [0.2, 0.25) is 5.91 Å². The molecule has 122 valence electrons. The van der Waals surface area contributed by atoms with Crippen molar-refractivity contribution in [1.82, 2.24) is 5.32 Å². The van der Waals surface area contributed by atoms with Gasteiger partial charge in [-0.1, -0.05) is 12.1 Å². The van der Waals surface area contributed by atoms with Crippen LogP contribution in [0.2, 0.25) is 0 Å². The van der Waals surface area contributed by atoms with Crippen molar-refractivity contribution in [2.75, 3.05) is 5.32 Å². The molecule has 0 aliphatic carbocycles. The number of para-hydroxylation sites is 1. The molecule has 0 fully saturated rings. The molecule has 0 radical (unpaired) electrons. The van der Waals surface area contributed by atoms with Crippen LogP contribution in [0.15, 0.2) is 24.3 Å². The number of unbranched alkanes of at least 4 members (excludes halogenated alkanes) is 2. The van der Waals surface area contributed by atoms with Crippen LogP contribution in [0, 0.1) is 11.3 Å². The highest BCUT2D eigenvalue weighted by Crippen LogP contribution is 2.15. The topological polar surface area (TPSA) is 119 Å². The summed E-state index contributed by atoms with van der Waals surface area (Å²) in [6.45, 7) is 1.32. The summed E-state index contributed by atoms with van der Waals surface area (Å²) in [5, 5.41) is 22.6. The molecule has 0 aromatic heterocycles. The first-order chi connectivity index (χ1) is 11.0. The molecule has 0 aliphatic heterocycles. The number of carbonyl (C=O) groups excluding carboxylic acids is 2. The van der Waals surface area contributed by atoms with E-state index >= 15 is 0 Å². The number of carbonyl (C=O) groups is 3.